The molecule has 0 saturated heterocycles. The molecule has 2 aromatic carbocycles. The van der Waals surface area contributed by atoms with Gasteiger partial charge in [-0.1, -0.05) is 12.1 Å². The maximum absolute atomic E-state index is 13.8. The second-order valence-electron chi connectivity index (χ2n) is 8.75. The van der Waals surface area contributed by atoms with Crippen LogP contribution in [0.2, 0.25) is 0 Å². The fourth-order valence-electron chi connectivity index (χ4n) is 4.50. The molecule has 0 spiro atoms. The van der Waals surface area contributed by atoms with Gasteiger partial charge in [-0.2, -0.15) is 0 Å². The number of ether oxygens (including phenoxy) is 1. The molecule has 1 aliphatic heterocycles. The number of aromatic hydroxyl groups is 2. The number of Topliss-reactive ketones (excluding diaryl/α,β-unsaturated/α-hetero) is 2. The fraction of sp³-hybridized carbons (Fsp3) is 0.231. The molecule has 2 aromatic rings. The van der Waals surface area contributed by atoms with E-state index in [0.717, 1.165) is 6.08 Å². The van der Waals surface area contributed by atoms with Crippen molar-refractivity contribution in [3.05, 3.63) is 75.2 Å². The molecule has 1 aliphatic carbocycles. The first-order chi connectivity index (χ1) is 16.4. The minimum Gasteiger partial charge on any atom is -0.507 e. The number of benzene rings is 2. The van der Waals surface area contributed by atoms with E-state index in [0.29, 0.717) is 5.56 Å². The molecule has 180 valence electrons. The Kier molecular flexibility index (Phi) is 5.51. The number of phenolic OH excluding ortho intramolecular Hbond substituents is 2. The first-order valence-electron chi connectivity index (χ1n) is 10.8. The van der Waals surface area contributed by atoms with Gasteiger partial charge in [0, 0.05) is 23.9 Å². The van der Waals surface area contributed by atoms with E-state index in [-0.39, 0.29) is 51.6 Å². The molecule has 0 aromatic heterocycles. The third kappa shape index (κ3) is 3.47. The summed E-state index contributed by atoms with van der Waals surface area (Å²) < 4.78 is 5.74. The van der Waals surface area contributed by atoms with Gasteiger partial charge in [0.2, 0.25) is 0 Å². The number of carboxylic acid groups (broad SMARTS) is 1. The largest absolute Gasteiger partial charge is 0.507 e. The molecule has 1 atom stereocenters. The summed E-state index contributed by atoms with van der Waals surface area (Å²) in [5.74, 6) is -3.90. The number of ketones is 3. The van der Waals surface area contributed by atoms with Crippen LogP contribution < -0.4 is 10.1 Å². The normalized spacial score (nSPS) is 19.9. The van der Waals surface area contributed by atoms with Crippen LogP contribution >= 0.6 is 0 Å². The summed E-state index contributed by atoms with van der Waals surface area (Å²) in [7, 11) is 0. The first kappa shape index (κ1) is 23.7. The molecule has 9 nitrogen and oxygen atoms in total. The lowest BCUT2D eigenvalue weighted by atomic mass is 9.70. The van der Waals surface area contributed by atoms with Crippen LogP contribution in [0.25, 0.3) is 0 Å². The topological polar surface area (TPSA) is 150 Å². The smallest absolute Gasteiger partial charge is 0.335 e. The first-order valence-corrected chi connectivity index (χ1v) is 10.8. The average Bonchev–Trinajstić information content (AvgIpc) is 3.09. The van der Waals surface area contributed by atoms with Crippen molar-refractivity contribution in [1.29, 1.82) is 0 Å². The molecule has 9 heteroatoms. The van der Waals surface area contributed by atoms with Gasteiger partial charge in [-0.25, -0.2) is 4.79 Å². The van der Waals surface area contributed by atoms with Gasteiger partial charge in [0.05, 0.1) is 16.7 Å². The van der Waals surface area contributed by atoms with Crippen molar-refractivity contribution in [2.45, 2.75) is 39.7 Å². The minimum atomic E-state index is -1.60. The number of nitrogens with one attached hydrogen (secondary N) is 1. The molecule has 0 bridgehead atoms. The van der Waals surface area contributed by atoms with Crippen LogP contribution in [0.1, 0.15) is 58.2 Å². The predicted octanol–water partition coefficient (Wildman–Crippen LogP) is 3.06. The number of carbonyl (C=O) groups is 4. The number of aromatic carboxylic acids is 1. The Morgan fingerprint density at radius 3 is 2.43 bits per heavy atom. The van der Waals surface area contributed by atoms with Gasteiger partial charge in [-0.15, -0.1) is 0 Å². The molecule has 0 fully saturated rings. The van der Waals surface area contributed by atoms with Crippen LogP contribution in [-0.4, -0.2) is 38.6 Å². The molecule has 1 heterocycles. The summed E-state index contributed by atoms with van der Waals surface area (Å²) in [5.41, 5.74) is -0.904. The SMILES string of the molecule is CC(=O)c1c(O)c(C)c(O)c2c1OC1=CC(=O)C(=C(C)NCc3cccc(C(=O)O)c3)C(=O)C12C. The van der Waals surface area contributed by atoms with Gasteiger partial charge in [0.25, 0.3) is 0 Å². The summed E-state index contributed by atoms with van der Waals surface area (Å²) in [6.07, 6.45) is 1.14. The van der Waals surface area contributed by atoms with E-state index >= 15 is 0 Å². The van der Waals surface area contributed by atoms with Crippen LogP contribution in [0.4, 0.5) is 0 Å². The lowest BCUT2D eigenvalue weighted by Crippen LogP contribution is -2.41. The maximum Gasteiger partial charge on any atom is 0.335 e. The third-order valence-electron chi connectivity index (χ3n) is 6.49. The number of carboxylic acids is 1. The molecule has 0 saturated carbocycles. The zero-order valence-electron chi connectivity index (χ0n) is 19.5. The Balaban J connectivity index is 1.79. The van der Waals surface area contributed by atoms with Crippen molar-refractivity contribution >= 4 is 23.3 Å². The molecule has 1 unspecified atom stereocenters. The van der Waals surface area contributed by atoms with E-state index in [1.807, 2.05) is 0 Å². The van der Waals surface area contributed by atoms with Gasteiger partial charge in [-0.3, -0.25) is 14.4 Å². The standard InChI is InChI=1S/C26H23NO8/c1-11-21(30)19(13(3)28)23-20(22(11)31)26(4)17(35-23)9-16(29)18(24(26)32)12(2)27-10-14-6-5-7-15(8-14)25(33)34/h5-9,27,30-31H,10H2,1-4H3,(H,33,34). The van der Waals surface area contributed by atoms with Gasteiger partial charge < -0.3 is 25.4 Å². The van der Waals surface area contributed by atoms with Crippen LogP contribution in [0.15, 0.2) is 47.4 Å². The van der Waals surface area contributed by atoms with Crippen molar-refractivity contribution in [3.63, 3.8) is 0 Å². The molecule has 0 amide bonds. The summed E-state index contributed by atoms with van der Waals surface area (Å²) in [5, 5.41) is 33.5. The van der Waals surface area contributed by atoms with Gasteiger partial charge >= 0.3 is 5.97 Å². The summed E-state index contributed by atoms with van der Waals surface area (Å²) >= 11 is 0. The van der Waals surface area contributed by atoms with Crippen molar-refractivity contribution in [2.24, 2.45) is 0 Å². The molecule has 35 heavy (non-hydrogen) atoms. The lowest BCUT2D eigenvalue weighted by molar-refractivity contribution is -0.123. The summed E-state index contributed by atoms with van der Waals surface area (Å²) in [6, 6.07) is 6.24. The Bertz CT molecular complexity index is 1410. The Morgan fingerprint density at radius 2 is 1.80 bits per heavy atom. The summed E-state index contributed by atoms with van der Waals surface area (Å²) in [4.78, 5) is 50.2. The van der Waals surface area contributed by atoms with E-state index in [9.17, 15) is 34.5 Å². The average molecular weight is 477 g/mol. The molecule has 0 radical (unpaired) electrons. The molecule has 4 N–H and O–H groups in total. The van der Waals surface area contributed by atoms with Gasteiger partial charge in [0.15, 0.2) is 17.3 Å². The van der Waals surface area contributed by atoms with Gasteiger partial charge in [-0.05, 0) is 45.4 Å². The van der Waals surface area contributed by atoms with Crippen molar-refractivity contribution in [1.82, 2.24) is 5.32 Å². The number of fused-ring (bicyclic) bond motifs is 3. The number of phenols is 2. The highest BCUT2D eigenvalue weighted by Crippen LogP contribution is 2.57. The highest BCUT2D eigenvalue weighted by atomic mass is 16.5. The minimum absolute atomic E-state index is 0.0150. The third-order valence-corrected chi connectivity index (χ3v) is 6.49. The number of hydrogen-bond donors (Lipinski definition) is 4. The zero-order chi connectivity index (χ0) is 25.8. The van der Waals surface area contributed by atoms with E-state index < -0.39 is 40.2 Å². The van der Waals surface area contributed by atoms with E-state index in [2.05, 4.69) is 5.32 Å². The lowest BCUT2D eigenvalue weighted by Gasteiger charge is -2.29. The quantitative estimate of drug-likeness (QED) is 0.289. The molecule has 4 rings (SSSR count). The van der Waals surface area contributed by atoms with E-state index in [4.69, 9.17) is 4.74 Å². The van der Waals surface area contributed by atoms with Crippen LogP contribution in [-0.2, 0) is 21.5 Å². The number of hydrogen-bond acceptors (Lipinski definition) is 8. The fourth-order valence-corrected chi connectivity index (χ4v) is 4.50. The number of allylic oxidation sites excluding steroid dienone is 4. The molecule has 2 aliphatic rings. The second-order valence-corrected chi connectivity index (χ2v) is 8.75. The van der Waals surface area contributed by atoms with Crippen LogP contribution in [0.5, 0.6) is 17.2 Å². The Hall–Kier alpha value is -4.40. The van der Waals surface area contributed by atoms with Crippen LogP contribution in [0.3, 0.4) is 0 Å². The van der Waals surface area contributed by atoms with Crippen LogP contribution in [0, 0.1) is 6.92 Å². The Labute approximate surface area is 200 Å². The number of carbonyl (C=O) groups excluding carboxylic acids is 3. The van der Waals surface area contributed by atoms with Gasteiger partial charge in [0.1, 0.15) is 34.0 Å². The highest BCUT2D eigenvalue weighted by Gasteiger charge is 2.56. The highest BCUT2D eigenvalue weighted by molar-refractivity contribution is 6.31. The van der Waals surface area contributed by atoms with Crippen molar-refractivity contribution in [3.8, 4) is 17.2 Å². The second kappa shape index (κ2) is 8.12. The molecular formula is C26H23NO8. The van der Waals surface area contributed by atoms with Crippen molar-refractivity contribution in [2.75, 3.05) is 0 Å². The maximum atomic E-state index is 13.8. The van der Waals surface area contributed by atoms with Crippen molar-refractivity contribution < 1.29 is 39.2 Å². The predicted molar refractivity (Wildman–Crippen MR) is 124 cm³/mol. The number of rotatable bonds is 5. The Morgan fingerprint density at radius 1 is 1.11 bits per heavy atom. The molecular weight excluding hydrogens is 454 g/mol. The monoisotopic (exact) mass is 477 g/mol. The summed E-state index contributed by atoms with van der Waals surface area (Å²) in [6.45, 7) is 5.83. The zero-order valence-corrected chi connectivity index (χ0v) is 19.5. The van der Waals surface area contributed by atoms with E-state index in [1.54, 1.807) is 19.1 Å². The van der Waals surface area contributed by atoms with E-state index in [1.165, 1.54) is 32.9 Å².